The Morgan fingerprint density at radius 3 is 0.711 bits per heavy atom. The van der Waals surface area contributed by atoms with Crippen molar-refractivity contribution < 1.29 is 17.7 Å². The predicted molar refractivity (Wildman–Crippen MR) is 571 cm³/mol. The lowest BCUT2D eigenvalue weighted by Crippen LogP contribution is -2.06. The first-order valence-electron chi connectivity index (χ1n) is 47.0. The van der Waals surface area contributed by atoms with Crippen molar-refractivity contribution in [1.82, 2.24) is 63.1 Å². The summed E-state index contributed by atoms with van der Waals surface area (Å²) in [6, 6.07) is 162. The number of aromatic nitrogens is 13. The van der Waals surface area contributed by atoms with Gasteiger partial charge in [-0.25, -0.2) is 24.9 Å². The number of hydrogen-bond acceptors (Lipinski definition) is 13. The molecule has 12 aromatic heterocycles. The quantitative estimate of drug-likeness (QED) is 0.106. The zero-order valence-electron chi connectivity index (χ0n) is 76.1. The normalized spacial score (nSPS) is 11.5. The summed E-state index contributed by atoms with van der Waals surface area (Å²) >= 11 is 0. The Morgan fingerprint density at radius 1 is 0.155 bits per heavy atom. The van der Waals surface area contributed by atoms with Gasteiger partial charge in [0.2, 0.25) is 11.9 Å². The molecule has 29 aromatic rings. The van der Waals surface area contributed by atoms with Crippen molar-refractivity contribution in [3.05, 3.63) is 479 Å². The van der Waals surface area contributed by atoms with Crippen LogP contribution in [-0.2, 0) is 0 Å². The van der Waals surface area contributed by atoms with E-state index in [1.807, 2.05) is 255 Å². The monoisotopic (exact) mass is 1830 g/mol. The molecule has 0 saturated carbocycles. The molecule has 0 bridgehead atoms. The summed E-state index contributed by atoms with van der Waals surface area (Å²) in [6.07, 6.45) is 0. The van der Waals surface area contributed by atoms with Crippen molar-refractivity contribution in [1.29, 1.82) is 0 Å². The molecule has 0 amide bonds. The number of benzene rings is 17. The minimum atomic E-state index is 0.550. The smallest absolute Gasteiger partial charge is 0.238 e. The minimum absolute atomic E-state index is 0.550. The van der Waals surface area contributed by atoms with Gasteiger partial charge < -0.3 is 22.2 Å². The molecule has 0 atom stereocenters. The van der Waals surface area contributed by atoms with Crippen LogP contribution in [0.25, 0.3) is 257 Å². The number of nitrogens with zero attached hydrogens (tertiary/aromatic N) is 13. The highest BCUT2D eigenvalue weighted by atomic mass is 16.3. The molecule has 0 aliphatic heterocycles. The van der Waals surface area contributed by atoms with Gasteiger partial charge in [0.05, 0.1) is 44.8 Å². The summed E-state index contributed by atoms with van der Waals surface area (Å²) in [4.78, 5) is 44.8. The van der Waals surface area contributed by atoms with E-state index in [-0.39, 0.29) is 0 Å². The van der Waals surface area contributed by atoms with Gasteiger partial charge in [-0.1, -0.05) is 364 Å². The predicted octanol–water partition coefficient (Wildman–Crippen LogP) is 31.7. The van der Waals surface area contributed by atoms with Crippen molar-refractivity contribution in [2.24, 2.45) is 0 Å². The zero-order valence-corrected chi connectivity index (χ0v) is 76.1. The summed E-state index contributed by atoms with van der Waals surface area (Å²) in [7, 11) is 0. The van der Waals surface area contributed by atoms with Crippen molar-refractivity contribution in [3.63, 3.8) is 0 Å². The molecule has 17 nitrogen and oxygen atoms in total. The molecule has 0 aliphatic carbocycles. The summed E-state index contributed by atoms with van der Waals surface area (Å²) in [5.41, 5.74) is 29.1. The number of hydrogen-bond donors (Lipinski definition) is 0. The van der Waals surface area contributed by atoms with Gasteiger partial charge in [-0.15, -0.1) is 0 Å². The highest BCUT2D eigenvalue weighted by molar-refractivity contribution is 6.20. The third kappa shape index (κ3) is 15.0. The Kier molecular flexibility index (Phi) is 20.8. The van der Waals surface area contributed by atoms with Gasteiger partial charge >= 0.3 is 0 Å². The maximum Gasteiger partial charge on any atom is 0.238 e. The van der Waals surface area contributed by atoms with E-state index in [4.69, 9.17) is 62.5 Å². The van der Waals surface area contributed by atoms with Gasteiger partial charge in [0, 0.05) is 93.7 Å². The van der Waals surface area contributed by atoms with E-state index in [0.29, 0.717) is 41.0 Å². The van der Waals surface area contributed by atoms with Crippen LogP contribution in [0.4, 0.5) is 0 Å². The zero-order chi connectivity index (χ0) is 93.9. The van der Waals surface area contributed by atoms with Crippen molar-refractivity contribution >= 4 is 132 Å². The fraction of sp³-hybridized carbons (Fsp3) is 0. The van der Waals surface area contributed by atoms with Gasteiger partial charge in [-0.2, -0.15) is 19.9 Å². The Labute approximate surface area is 811 Å². The number of fused-ring (bicyclic) bond motifs is 20. The van der Waals surface area contributed by atoms with E-state index in [1.165, 1.54) is 5.56 Å². The Hall–Kier alpha value is -19.7. The van der Waals surface area contributed by atoms with E-state index in [2.05, 4.69) is 243 Å². The van der Waals surface area contributed by atoms with Crippen LogP contribution in [0.1, 0.15) is 0 Å². The lowest BCUT2D eigenvalue weighted by atomic mass is 10.0. The van der Waals surface area contributed by atoms with Crippen LogP contribution in [0.15, 0.2) is 497 Å². The third-order valence-electron chi connectivity index (χ3n) is 26.0. The first kappa shape index (κ1) is 83.0. The first-order valence-corrected chi connectivity index (χ1v) is 47.0. The average Bonchev–Trinajstić information content (AvgIpc) is 1.58. The van der Waals surface area contributed by atoms with E-state index in [9.17, 15) is 0 Å². The summed E-state index contributed by atoms with van der Waals surface area (Å²) < 4.78 is 34.1. The fourth-order valence-corrected chi connectivity index (χ4v) is 19.4. The second-order valence-electron chi connectivity index (χ2n) is 34.6. The molecule has 0 saturated heterocycles. The summed E-state index contributed by atoms with van der Waals surface area (Å²) in [5.74, 6) is 5.10. The lowest BCUT2D eigenvalue weighted by Gasteiger charge is -2.13. The number of furan rings is 4. The second-order valence-corrected chi connectivity index (χ2v) is 34.6. The molecule has 0 spiro atoms. The molecule has 17 aromatic carbocycles. The van der Waals surface area contributed by atoms with Crippen LogP contribution in [0, 0.1) is 0 Å². The van der Waals surface area contributed by atoms with Gasteiger partial charge in [0.1, 0.15) is 50.2 Å². The topological polar surface area (TPSA) is 188 Å². The van der Waals surface area contributed by atoms with Gasteiger partial charge in [-0.3, -0.25) is 13.7 Å². The van der Waals surface area contributed by atoms with Crippen molar-refractivity contribution in [2.45, 2.75) is 0 Å². The SMILES string of the molecule is c1ccc(-c2cc(-n3c4ccccc4c4oc5ccccc5c43)cc(-c3ccccc3)n2)cc1.c1ccc(-c2cc(-n3c4ccccc4c4oc5ccccc5c43)nc(-c3ccccc3)n2)cc1.c1ccc(-c2ccc(-c3nc(-c4ccccc4)nc(-n4c5ccccc5c5oc6ccccc6c54)n3)cc2)cc1.c1ccc(-c2nc(-c3ccccc3)nc(-n3c4ccccc4c4oc5ccccc5c43)n2)cc1. The number of pyridine rings is 1. The molecule has 142 heavy (non-hydrogen) atoms. The van der Waals surface area contributed by atoms with E-state index < -0.39 is 0 Å². The highest BCUT2D eigenvalue weighted by Crippen LogP contribution is 2.46. The van der Waals surface area contributed by atoms with Crippen LogP contribution in [0.2, 0.25) is 0 Å². The second kappa shape index (κ2) is 35.6. The van der Waals surface area contributed by atoms with E-state index in [0.717, 1.165) is 211 Å². The van der Waals surface area contributed by atoms with E-state index >= 15 is 0 Å². The lowest BCUT2D eigenvalue weighted by molar-refractivity contribution is 0.672. The van der Waals surface area contributed by atoms with Crippen LogP contribution >= 0.6 is 0 Å². The standard InChI is InChI=1S/C35H22N4O.C31H20N2O.C30H19N3O.C29H18N4O/c1-3-11-23(12-4-1)24-19-21-26(22-20-24)34-36-33(25-13-5-2-6-14-25)37-35(38-34)39-29-17-9-7-15-27(29)32-31(39)28-16-8-10-18-30(28)40-32;1-3-11-21(12-4-1)26-19-23(20-27(32-26)22-13-5-2-6-14-22)33-28-17-9-7-15-24(28)31-30(33)25-16-8-10-18-29(25)34-31;1-3-11-20(12-4-1)24-19-27(32-30(31-24)21-13-5-2-6-14-21)33-25-17-9-7-15-22(25)29-28(33)23-16-8-10-18-26(23)34-29;1-3-11-19(12-4-1)27-30-28(20-13-5-2-6-14-20)32-29(31-27)33-23-17-9-7-15-21(23)26-25(33)22-16-8-10-18-24(22)34-26/h1-22H;1-20H;1-19H;1-18H. The maximum atomic E-state index is 6.36. The van der Waals surface area contributed by atoms with Crippen molar-refractivity contribution in [2.75, 3.05) is 0 Å². The van der Waals surface area contributed by atoms with Crippen LogP contribution in [0.3, 0.4) is 0 Å². The van der Waals surface area contributed by atoms with E-state index in [1.54, 1.807) is 0 Å². The fourth-order valence-electron chi connectivity index (χ4n) is 19.4. The minimum Gasteiger partial charge on any atom is -0.454 e. The molecule has 17 heteroatoms. The molecule has 668 valence electrons. The molecular formula is C125H79N13O4. The van der Waals surface area contributed by atoms with Crippen LogP contribution in [0.5, 0.6) is 0 Å². The average molecular weight is 1830 g/mol. The third-order valence-corrected chi connectivity index (χ3v) is 26.0. The molecule has 0 N–H and O–H groups in total. The van der Waals surface area contributed by atoms with Gasteiger partial charge in [0.25, 0.3) is 0 Å². The Bertz CT molecular complexity index is 8950. The highest BCUT2D eigenvalue weighted by Gasteiger charge is 2.28. The molecule has 0 aliphatic rings. The van der Waals surface area contributed by atoms with Gasteiger partial charge in [0.15, 0.2) is 51.5 Å². The maximum absolute atomic E-state index is 6.36. The largest absolute Gasteiger partial charge is 0.454 e. The van der Waals surface area contributed by atoms with Crippen LogP contribution < -0.4 is 0 Å². The molecule has 0 fully saturated rings. The Morgan fingerprint density at radius 2 is 0.380 bits per heavy atom. The van der Waals surface area contributed by atoms with Gasteiger partial charge in [-0.05, 0) is 120 Å². The summed E-state index contributed by atoms with van der Waals surface area (Å²) in [5, 5.41) is 8.42. The molecule has 0 unspecified atom stereocenters. The molecule has 0 radical (unpaired) electrons. The van der Waals surface area contributed by atoms with Crippen molar-refractivity contribution in [3.8, 4) is 125 Å². The van der Waals surface area contributed by atoms with Crippen LogP contribution in [-0.4, -0.2) is 63.1 Å². The summed E-state index contributed by atoms with van der Waals surface area (Å²) in [6.45, 7) is 0. The molecule has 12 heterocycles. The molecular weight excluding hydrogens is 1750 g/mol. The molecule has 29 rings (SSSR count). The Balaban J connectivity index is 0.0000000972. The number of para-hydroxylation sites is 8. The number of rotatable bonds is 13. The first-order chi connectivity index (χ1) is 70.4.